The Balaban J connectivity index is 2.66. The van der Waals surface area contributed by atoms with E-state index in [1.165, 1.54) is 4.90 Å². The molecule has 108 valence electrons. The monoisotopic (exact) mass is 269 g/mol. The molecule has 1 aliphatic heterocycles. The van der Waals surface area contributed by atoms with Gasteiger partial charge in [-0.15, -0.1) is 0 Å². The molecule has 19 heavy (non-hydrogen) atoms. The Hall–Kier alpha value is -1.52. The summed E-state index contributed by atoms with van der Waals surface area (Å²) in [4.78, 5) is 25.3. The van der Waals surface area contributed by atoms with Gasteiger partial charge in [0, 0.05) is 13.1 Å². The molecule has 0 N–H and O–H groups in total. The third kappa shape index (κ3) is 5.32. The largest absolute Gasteiger partial charge is 0.466 e. The van der Waals surface area contributed by atoms with Crippen molar-refractivity contribution in [2.75, 3.05) is 19.7 Å². The lowest BCUT2D eigenvalue weighted by Crippen LogP contribution is -2.40. The molecule has 0 saturated carbocycles. The van der Waals surface area contributed by atoms with E-state index in [2.05, 4.69) is 0 Å². The predicted octanol–water partition coefficient (Wildman–Crippen LogP) is 2.36. The zero-order valence-corrected chi connectivity index (χ0v) is 12.1. The second-order valence-corrected chi connectivity index (χ2v) is 5.54. The second kappa shape index (κ2) is 6.59. The maximum atomic E-state index is 12.0. The molecule has 1 heterocycles. The average molecular weight is 269 g/mol. The fourth-order valence-electron chi connectivity index (χ4n) is 1.78. The van der Waals surface area contributed by atoms with E-state index < -0.39 is 11.7 Å². The summed E-state index contributed by atoms with van der Waals surface area (Å²) in [5.41, 5.74) is -0.535. The molecule has 0 fully saturated rings. The van der Waals surface area contributed by atoms with E-state index in [0.717, 1.165) is 0 Å². The van der Waals surface area contributed by atoms with Crippen molar-refractivity contribution in [2.45, 2.75) is 39.7 Å². The Kier molecular flexibility index (Phi) is 5.39. The molecule has 0 radical (unpaired) electrons. The van der Waals surface area contributed by atoms with Gasteiger partial charge >= 0.3 is 12.1 Å². The van der Waals surface area contributed by atoms with Gasteiger partial charge in [-0.3, -0.25) is 4.79 Å². The zero-order chi connectivity index (χ0) is 14.5. The van der Waals surface area contributed by atoms with E-state index in [4.69, 9.17) is 9.47 Å². The fourth-order valence-corrected chi connectivity index (χ4v) is 1.78. The summed E-state index contributed by atoms with van der Waals surface area (Å²) in [5.74, 6) is -0.575. The SMILES string of the molecule is CCOC(=O)C1CC=CCN(C(=O)OC(C)(C)C)C1. The smallest absolute Gasteiger partial charge is 0.410 e. The molecule has 1 unspecified atom stereocenters. The van der Waals surface area contributed by atoms with E-state index >= 15 is 0 Å². The lowest BCUT2D eigenvalue weighted by molar-refractivity contribution is -0.148. The Morgan fingerprint density at radius 1 is 1.32 bits per heavy atom. The molecular formula is C14H23NO4. The van der Waals surface area contributed by atoms with Crippen molar-refractivity contribution in [3.63, 3.8) is 0 Å². The molecule has 5 nitrogen and oxygen atoms in total. The van der Waals surface area contributed by atoms with Crippen LogP contribution < -0.4 is 0 Å². The van der Waals surface area contributed by atoms with Crippen LogP contribution in [0.4, 0.5) is 4.79 Å². The molecule has 1 aliphatic rings. The average Bonchev–Trinajstić information content (AvgIpc) is 2.52. The maximum Gasteiger partial charge on any atom is 0.410 e. The maximum absolute atomic E-state index is 12.0. The molecule has 5 heteroatoms. The summed E-state index contributed by atoms with van der Waals surface area (Å²) in [6.07, 6.45) is 3.99. The molecule has 0 saturated heterocycles. The number of esters is 1. The van der Waals surface area contributed by atoms with Gasteiger partial charge in [0.25, 0.3) is 0 Å². The molecule has 1 amide bonds. The summed E-state index contributed by atoms with van der Waals surface area (Å²) in [6.45, 7) is 8.39. The highest BCUT2D eigenvalue weighted by Gasteiger charge is 2.28. The number of amides is 1. The van der Waals surface area contributed by atoms with Gasteiger partial charge in [-0.05, 0) is 34.1 Å². The summed E-state index contributed by atoms with van der Waals surface area (Å²) in [7, 11) is 0. The molecule has 1 atom stereocenters. The number of ether oxygens (including phenoxy) is 2. The first-order valence-corrected chi connectivity index (χ1v) is 6.63. The number of hydrogen-bond acceptors (Lipinski definition) is 4. The van der Waals surface area contributed by atoms with Crippen molar-refractivity contribution < 1.29 is 19.1 Å². The minimum absolute atomic E-state index is 0.261. The highest BCUT2D eigenvalue weighted by molar-refractivity contribution is 5.75. The Bertz CT molecular complexity index is 357. The minimum Gasteiger partial charge on any atom is -0.466 e. The summed E-state index contributed by atoms with van der Waals surface area (Å²) >= 11 is 0. The van der Waals surface area contributed by atoms with Crippen LogP contribution in [0.1, 0.15) is 34.1 Å². The fraction of sp³-hybridized carbons (Fsp3) is 0.714. The van der Waals surface area contributed by atoms with Crippen molar-refractivity contribution in [2.24, 2.45) is 5.92 Å². The number of carbonyl (C=O) groups excluding carboxylic acids is 2. The van der Waals surface area contributed by atoms with Gasteiger partial charge in [0.05, 0.1) is 12.5 Å². The molecule has 0 bridgehead atoms. The number of rotatable bonds is 2. The van der Waals surface area contributed by atoms with Gasteiger partial charge < -0.3 is 14.4 Å². The van der Waals surface area contributed by atoms with Gasteiger partial charge in [0.2, 0.25) is 0 Å². The van der Waals surface area contributed by atoms with Gasteiger partial charge in [-0.2, -0.15) is 0 Å². The topological polar surface area (TPSA) is 55.8 Å². The molecular weight excluding hydrogens is 246 g/mol. The highest BCUT2D eigenvalue weighted by Crippen LogP contribution is 2.16. The van der Waals surface area contributed by atoms with Crippen LogP contribution in [0.25, 0.3) is 0 Å². The van der Waals surface area contributed by atoms with Gasteiger partial charge in [-0.25, -0.2) is 4.79 Å². The summed E-state index contributed by atoms with van der Waals surface area (Å²) < 4.78 is 10.3. The van der Waals surface area contributed by atoms with Crippen LogP contribution in [0, 0.1) is 5.92 Å². The van der Waals surface area contributed by atoms with Crippen molar-refractivity contribution >= 4 is 12.1 Å². The van der Waals surface area contributed by atoms with Crippen molar-refractivity contribution in [3.8, 4) is 0 Å². The van der Waals surface area contributed by atoms with Gasteiger partial charge in [-0.1, -0.05) is 12.2 Å². The van der Waals surface area contributed by atoms with Crippen LogP contribution in [-0.2, 0) is 14.3 Å². The second-order valence-electron chi connectivity index (χ2n) is 5.54. The molecule has 0 aromatic rings. The van der Waals surface area contributed by atoms with Crippen LogP contribution in [0.2, 0.25) is 0 Å². The normalized spacial score (nSPS) is 19.8. The van der Waals surface area contributed by atoms with E-state index in [-0.39, 0.29) is 11.9 Å². The third-order valence-corrected chi connectivity index (χ3v) is 2.63. The Morgan fingerprint density at radius 3 is 2.58 bits per heavy atom. The number of hydrogen-bond donors (Lipinski definition) is 0. The van der Waals surface area contributed by atoms with Crippen LogP contribution in [0.15, 0.2) is 12.2 Å². The van der Waals surface area contributed by atoms with Crippen molar-refractivity contribution in [1.82, 2.24) is 4.90 Å². The van der Waals surface area contributed by atoms with E-state index in [1.807, 2.05) is 32.9 Å². The van der Waals surface area contributed by atoms with E-state index in [0.29, 0.717) is 26.1 Å². The summed E-state index contributed by atoms with van der Waals surface area (Å²) in [6, 6.07) is 0. The van der Waals surface area contributed by atoms with Crippen molar-refractivity contribution in [3.05, 3.63) is 12.2 Å². The number of carbonyl (C=O) groups is 2. The van der Waals surface area contributed by atoms with Crippen LogP contribution in [-0.4, -0.2) is 42.3 Å². The molecule has 0 aromatic heterocycles. The van der Waals surface area contributed by atoms with E-state index in [1.54, 1.807) is 6.92 Å². The quantitative estimate of drug-likeness (QED) is 0.570. The molecule has 1 rings (SSSR count). The lowest BCUT2D eigenvalue weighted by Gasteiger charge is -2.27. The standard InChI is InChI=1S/C14H23NO4/c1-5-18-12(16)11-8-6-7-9-15(10-11)13(17)19-14(2,3)4/h6-7,11H,5,8-10H2,1-4H3. The minimum atomic E-state index is -0.535. The molecule has 0 aromatic carbocycles. The highest BCUT2D eigenvalue weighted by atomic mass is 16.6. The Labute approximate surface area is 114 Å². The van der Waals surface area contributed by atoms with Crippen molar-refractivity contribution in [1.29, 1.82) is 0 Å². The van der Waals surface area contributed by atoms with Crippen LogP contribution in [0.3, 0.4) is 0 Å². The first-order valence-electron chi connectivity index (χ1n) is 6.63. The number of allylic oxidation sites excluding steroid dienone is 1. The van der Waals surface area contributed by atoms with E-state index in [9.17, 15) is 9.59 Å². The van der Waals surface area contributed by atoms with Gasteiger partial charge in [0.15, 0.2) is 0 Å². The summed E-state index contributed by atoms with van der Waals surface area (Å²) in [5, 5.41) is 0. The van der Waals surface area contributed by atoms with Crippen LogP contribution >= 0.6 is 0 Å². The molecule has 0 aliphatic carbocycles. The van der Waals surface area contributed by atoms with Gasteiger partial charge in [0.1, 0.15) is 5.60 Å². The molecule has 0 spiro atoms. The lowest BCUT2D eigenvalue weighted by atomic mass is 10.1. The number of nitrogens with zero attached hydrogens (tertiary/aromatic N) is 1. The predicted molar refractivity (Wildman–Crippen MR) is 71.7 cm³/mol. The van der Waals surface area contributed by atoms with Crippen LogP contribution in [0.5, 0.6) is 0 Å². The third-order valence-electron chi connectivity index (χ3n) is 2.63. The Morgan fingerprint density at radius 2 is 2.00 bits per heavy atom. The first kappa shape index (κ1) is 15.5. The first-order chi connectivity index (χ1) is 8.83. The zero-order valence-electron chi connectivity index (χ0n) is 12.1.